The van der Waals surface area contributed by atoms with Crippen molar-refractivity contribution in [2.24, 2.45) is 0 Å². The molecule has 2 aliphatic rings. The topological polar surface area (TPSA) is 120 Å². The number of carbonyl (C=O) groups excluding carboxylic acids is 2. The van der Waals surface area contributed by atoms with Crippen molar-refractivity contribution < 1.29 is 28.8 Å². The summed E-state index contributed by atoms with van der Waals surface area (Å²) in [6, 6.07) is 9.19. The highest BCUT2D eigenvalue weighted by molar-refractivity contribution is 6.33. The molecule has 0 spiro atoms. The number of hydrogen-bond donors (Lipinski definition) is 1. The van der Waals surface area contributed by atoms with Crippen LogP contribution >= 0.6 is 0 Å². The van der Waals surface area contributed by atoms with Gasteiger partial charge in [-0.25, -0.2) is 4.90 Å². The van der Waals surface area contributed by atoms with Gasteiger partial charge in [0, 0.05) is 17.2 Å². The van der Waals surface area contributed by atoms with Crippen molar-refractivity contribution in [3.63, 3.8) is 0 Å². The molecule has 2 amide bonds. The van der Waals surface area contributed by atoms with E-state index in [4.69, 9.17) is 14.3 Å². The highest BCUT2D eigenvalue weighted by Crippen LogP contribution is 2.39. The van der Waals surface area contributed by atoms with Gasteiger partial charge in [0.25, 0.3) is 17.5 Å². The number of benzene rings is 2. The molecule has 0 bridgehead atoms. The van der Waals surface area contributed by atoms with Gasteiger partial charge in [0.2, 0.25) is 0 Å². The molecule has 2 aromatic rings. The summed E-state index contributed by atoms with van der Waals surface area (Å²) in [5.41, 5.74) is 3.99. The summed E-state index contributed by atoms with van der Waals surface area (Å²) in [6.45, 7) is 1.58. The average Bonchev–Trinajstić information content (AvgIpc) is 3.28. The van der Waals surface area contributed by atoms with E-state index in [0.29, 0.717) is 28.3 Å². The molecule has 2 heterocycles. The summed E-state index contributed by atoms with van der Waals surface area (Å²) in [5.74, 6) is -0.296. The number of rotatable bonds is 5. The Morgan fingerprint density at radius 2 is 1.83 bits per heavy atom. The van der Waals surface area contributed by atoms with E-state index in [1.165, 1.54) is 32.4 Å². The van der Waals surface area contributed by atoms with Crippen molar-refractivity contribution in [2.45, 2.75) is 13.0 Å². The number of anilines is 1. The third-order valence-electron chi connectivity index (χ3n) is 5.01. The Morgan fingerprint density at radius 3 is 2.50 bits per heavy atom. The molecule has 10 nitrogen and oxygen atoms in total. The molecule has 0 aromatic heterocycles. The van der Waals surface area contributed by atoms with E-state index < -0.39 is 22.8 Å². The minimum absolute atomic E-state index is 0.111. The fourth-order valence-corrected chi connectivity index (χ4v) is 3.48. The first-order valence-electron chi connectivity index (χ1n) is 8.89. The lowest BCUT2D eigenvalue weighted by Gasteiger charge is -2.16. The lowest BCUT2D eigenvalue weighted by atomic mass is 10.0. The smallest absolute Gasteiger partial charge is 0.274 e. The third-order valence-corrected chi connectivity index (χ3v) is 5.01. The molecule has 30 heavy (non-hydrogen) atoms. The quantitative estimate of drug-likeness (QED) is 0.451. The molecular formula is C20H17N3O7. The lowest BCUT2D eigenvalue weighted by Crippen LogP contribution is -2.34. The van der Waals surface area contributed by atoms with Crippen molar-refractivity contribution in [3.8, 4) is 11.5 Å². The van der Waals surface area contributed by atoms with Gasteiger partial charge in [-0.15, -0.1) is 0 Å². The van der Waals surface area contributed by atoms with Crippen LogP contribution in [0.15, 0.2) is 42.0 Å². The van der Waals surface area contributed by atoms with E-state index in [-0.39, 0.29) is 16.9 Å². The average molecular weight is 411 g/mol. The predicted molar refractivity (Wildman–Crippen MR) is 105 cm³/mol. The molecule has 2 aliphatic heterocycles. The monoisotopic (exact) mass is 411 g/mol. The third kappa shape index (κ3) is 2.85. The number of nitro groups is 1. The van der Waals surface area contributed by atoms with Gasteiger partial charge in [0.05, 0.1) is 36.1 Å². The summed E-state index contributed by atoms with van der Waals surface area (Å²) >= 11 is 0. The molecule has 154 valence electrons. The van der Waals surface area contributed by atoms with Gasteiger partial charge in [-0.2, -0.15) is 0 Å². The molecule has 0 aliphatic carbocycles. The molecule has 0 saturated carbocycles. The number of aryl methyl sites for hydroxylation is 1. The number of ether oxygens (including phenoxy) is 2. The molecule has 0 radical (unpaired) electrons. The molecule has 2 aromatic carbocycles. The van der Waals surface area contributed by atoms with Crippen LogP contribution in [0.4, 0.5) is 11.4 Å². The van der Waals surface area contributed by atoms with E-state index in [2.05, 4.69) is 5.48 Å². The Kier molecular flexibility index (Phi) is 4.63. The maximum absolute atomic E-state index is 13.1. The number of hydrogen-bond acceptors (Lipinski definition) is 8. The first-order chi connectivity index (χ1) is 14.4. The van der Waals surface area contributed by atoms with Crippen LogP contribution in [0.3, 0.4) is 0 Å². The van der Waals surface area contributed by atoms with Gasteiger partial charge < -0.3 is 9.47 Å². The van der Waals surface area contributed by atoms with Gasteiger partial charge in [-0.3, -0.25) is 30.0 Å². The molecule has 0 unspecified atom stereocenters. The number of amides is 2. The molecule has 1 N–H and O–H groups in total. The zero-order valence-corrected chi connectivity index (χ0v) is 16.3. The molecule has 1 saturated heterocycles. The van der Waals surface area contributed by atoms with Crippen molar-refractivity contribution in [2.75, 3.05) is 19.1 Å². The summed E-state index contributed by atoms with van der Waals surface area (Å²) < 4.78 is 10.5. The van der Waals surface area contributed by atoms with E-state index in [1.54, 1.807) is 25.1 Å². The van der Waals surface area contributed by atoms with Crippen molar-refractivity contribution in [1.29, 1.82) is 0 Å². The molecular weight excluding hydrogens is 394 g/mol. The number of carbonyl (C=O) groups is 2. The van der Waals surface area contributed by atoms with Crippen LogP contribution in [-0.4, -0.2) is 37.1 Å². The van der Waals surface area contributed by atoms with Crippen molar-refractivity contribution in [3.05, 3.63) is 63.2 Å². The van der Waals surface area contributed by atoms with Gasteiger partial charge in [0.15, 0.2) is 17.6 Å². The molecule has 1 atom stereocenters. The Labute approximate surface area is 170 Å². The molecule has 10 heteroatoms. The van der Waals surface area contributed by atoms with Gasteiger partial charge >= 0.3 is 0 Å². The van der Waals surface area contributed by atoms with Gasteiger partial charge in [-0.05, 0) is 31.2 Å². The fraction of sp³-hybridized carbons (Fsp3) is 0.200. The largest absolute Gasteiger partial charge is 0.493 e. The standard InChI is InChI=1S/C20H17N3O7/c1-10-4-6-12(9-13(10)23(26)27)22-19(24)16-17(21-30-18(16)20(22)25)11-5-7-14(28-2)15(8-11)29-3/h4-9,18,21H,1-3H3/t18-/m1/s1. The highest BCUT2D eigenvalue weighted by Gasteiger charge is 2.51. The summed E-state index contributed by atoms with van der Waals surface area (Å²) in [7, 11) is 2.99. The number of nitrogens with one attached hydrogen (secondary N) is 1. The van der Waals surface area contributed by atoms with Crippen molar-refractivity contribution in [1.82, 2.24) is 5.48 Å². The number of imide groups is 1. The van der Waals surface area contributed by atoms with E-state index in [0.717, 1.165) is 4.90 Å². The Bertz CT molecular complexity index is 1130. The Balaban J connectivity index is 1.78. The second-order valence-electron chi connectivity index (χ2n) is 6.67. The van der Waals surface area contributed by atoms with Crippen LogP contribution in [0, 0.1) is 17.0 Å². The number of nitro benzene ring substituents is 1. The maximum atomic E-state index is 13.1. The molecule has 1 fully saturated rings. The minimum Gasteiger partial charge on any atom is -0.493 e. The predicted octanol–water partition coefficient (Wildman–Crippen LogP) is 2.11. The zero-order chi connectivity index (χ0) is 21.6. The first kappa shape index (κ1) is 19.4. The summed E-state index contributed by atoms with van der Waals surface area (Å²) in [6.07, 6.45) is -1.15. The second-order valence-corrected chi connectivity index (χ2v) is 6.67. The first-order valence-corrected chi connectivity index (χ1v) is 8.89. The maximum Gasteiger partial charge on any atom is 0.274 e. The summed E-state index contributed by atoms with van der Waals surface area (Å²) in [5, 5.41) is 11.2. The molecule has 4 rings (SSSR count). The normalized spacial score (nSPS) is 17.8. The van der Waals surface area contributed by atoms with Gasteiger partial charge in [-0.1, -0.05) is 6.07 Å². The Morgan fingerprint density at radius 1 is 1.10 bits per heavy atom. The second kappa shape index (κ2) is 7.16. The minimum atomic E-state index is -1.15. The highest BCUT2D eigenvalue weighted by atomic mass is 16.7. The zero-order valence-electron chi connectivity index (χ0n) is 16.3. The van der Waals surface area contributed by atoms with Crippen LogP contribution in [0.5, 0.6) is 11.5 Å². The van der Waals surface area contributed by atoms with E-state index in [1.807, 2.05) is 0 Å². The SMILES string of the molecule is COc1ccc(C2=C3C(=O)N(c4ccc(C)c([N+](=O)[O-])c4)C(=O)[C@@H]3ON2)cc1OC. The van der Waals surface area contributed by atoms with Gasteiger partial charge in [0.1, 0.15) is 0 Å². The van der Waals surface area contributed by atoms with Crippen molar-refractivity contribution >= 4 is 28.9 Å². The van der Waals surface area contributed by atoms with E-state index >= 15 is 0 Å². The van der Waals surface area contributed by atoms with E-state index in [9.17, 15) is 19.7 Å². The number of hydroxylamine groups is 1. The number of nitrogens with zero attached hydrogens (tertiary/aromatic N) is 2. The van der Waals surface area contributed by atoms with Crippen LogP contribution in [-0.2, 0) is 14.4 Å². The Hall–Kier alpha value is -3.92. The number of methoxy groups -OCH3 is 2. The number of fused-ring (bicyclic) bond motifs is 1. The summed E-state index contributed by atoms with van der Waals surface area (Å²) in [4.78, 5) is 42.9. The lowest BCUT2D eigenvalue weighted by molar-refractivity contribution is -0.385. The van der Waals surface area contributed by atoms with Crippen LogP contribution in [0.25, 0.3) is 5.70 Å². The fourth-order valence-electron chi connectivity index (χ4n) is 3.48. The van der Waals surface area contributed by atoms with Crippen LogP contribution in [0.1, 0.15) is 11.1 Å². The van der Waals surface area contributed by atoms with Crippen LogP contribution in [0.2, 0.25) is 0 Å². The van der Waals surface area contributed by atoms with Crippen LogP contribution < -0.4 is 19.9 Å².